The molecule has 2 aliphatic rings. The van der Waals surface area contributed by atoms with Gasteiger partial charge in [0.05, 0.1) is 0 Å². The minimum absolute atomic E-state index is 0.194. The molecule has 3 rings (SSSR count). The van der Waals surface area contributed by atoms with Crippen LogP contribution in [0.2, 0.25) is 0 Å². The van der Waals surface area contributed by atoms with Crippen molar-refractivity contribution in [2.24, 2.45) is 0 Å². The number of hydrogen-bond donors (Lipinski definition) is 0. The number of carbonyl (C=O) groups is 1. The zero-order valence-corrected chi connectivity index (χ0v) is 10.8. The summed E-state index contributed by atoms with van der Waals surface area (Å²) in [4.78, 5) is 11.8. The molecule has 1 saturated carbocycles. The van der Waals surface area contributed by atoms with E-state index in [1.165, 1.54) is 30.4 Å². The summed E-state index contributed by atoms with van der Waals surface area (Å²) < 4.78 is 5.88. The highest BCUT2D eigenvalue weighted by Gasteiger charge is 2.24. The molecular weight excluding hydrogens is 224 g/mol. The lowest BCUT2D eigenvalue weighted by Crippen LogP contribution is -2.30. The van der Waals surface area contributed by atoms with Crippen molar-refractivity contribution in [2.45, 2.75) is 57.5 Å². The van der Waals surface area contributed by atoms with Crippen LogP contribution in [0, 0.1) is 0 Å². The molecule has 1 unspecified atom stereocenters. The molecule has 0 bridgehead atoms. The van der Waals surface area contributed by atoms with Crippen molar-refractivity contribution in [3.8, 4) is 5.75 Å². The number of Topliss-reactive ketones (excluding diaryl/α,β-unsaturated/α-hetero) is 1. The van der Waals surface area contributed by atoms with Gasteiger partial charge in [0.1, 0.15) is 5.75 Å². The molecule has 96 valence electrons. The van der Waals surface area contributed by atoms with Crippen molar-refractivity contribution in [1.82, 2.24) is 0 Å². The van der Waals surface area contributed by atoms with E-state index in [1.54, 1.807) is 0 Å². The molecule has 0 radical (unpaired) electrons. The van der Waals surface area contributed by atoms with E-state index in [4.69, 9.17) is 4.74 Å². The van der Waals surface area contributed by atoms with Crippen molar-refractivity contribution in [1.29, 1.82) is 0 Å². The number of ketones is 1. The lowest BCUT2D eigenvalue weighted by Gasteiger charge is -2.23. The molecule has 0 heterocycles. The van der Waals surface area contributed by atoms with E-state index in [9.17, 15) is 4.79 Å². The van der Waals surface area contributed by atoms with Crippen LogP contribution in [0.5, 0.6) is 5.75 Å². The number of hydrogen-bond acceptors (Lipinski definition) is 2. The number of aryl methyl sites for hydroxylation is 2. The summed E-state index contributed by atoms with van der Waals surface area (Å²) in [6.45, 7) is 0. The van der Waals surface area contributed by atoms with E-state index in [0.717, 1.165) is 31.4 Å². The first-order valence-corrected chi connectivity index (χ1v) is 7.14. The molecule has 0 amide bonds. The quantitative estimate of drug-likeness (QED) is 0.796. The molecular formula is C16H20O2. The van der Waals surface area contributed by atoms with E-state index >= 15 is 0 Å². The molecule has 0 saturated heterocycles. The van der Waals surface area contributed by atoms with Crippen molar-refractivity contribution >= 4 is 5.78 Å². The Morgan fingerprint density at radius 3 is 2.56 bits per heavy atom. The molecule has 2 aliphatic carbocycles. The van der Waals surface area contributed by atoms with Crippen LogP contribution in [0.15, 0.2) is 18.2 Å². The molecule has 0 aliphatic heterocycles. The van der Waals surface area contributed by atoms with Gasteiger partial charge in [-0.15, -0.1) is 0 Å². The normalized spacial score (nSPS) is 23.6. The van der Waals surface area contributed by atoms with Crippen LogP contribution in [-0.4, -0.2) is 11.9 Å². The number of fused-ring (bicyclic) bond motifs is 1. The smallest absolute Gasteiger partial charge is 0.173 e. The van der Waals surface area contributed by atoms with Gasteiger partial charge in [0.2, 0.25) is 0 Å². The van der Waals surface area contributed by atoms with Crippen molar-refractivity contribution in [3.63, 3.8) is 0 Å². The number of ether oxygens (including phenoxy) is 1. The summed E-state index contributed by atoms with van der Waals surface area (Å²) in [5.74, 6) is 1.16. The summed E-state index contributed by atoms with van der Waals surface area (Å²) in [5, 5.41) is 0. The first-order chi connectivity index (χ1) is 8.83. The molecule has 0 spiro atoms. The number of carbonyl (C=O) groups excluding carboxylic acids is 1. The third-order valence-corrected chi connectivity index (χ3v) is 4.10. The lowest BCUT2D eigenvalue weighted by atomic mass is 9.91. The van der Waals surface area contributed by atoms with E-state index in [0.29, 0.717) is 6.42 Å². The Labute approximate surface area is 108 Å². The fourth-order valence-electron chi connectivity index (χ4n) is 3.02. The summed E-state index contributed by atoms with van der Waals surface area (Å²) in [5.41, 5.74) is 2.88. The SMILES string of the molecule is O=C1CCCCC1Oc1ccc2c(c1)CCCC2. The zero-order chi connectivity index (χ0) is 12.4. The molecule has 0 N–H and O–H groups in total. The van der Waals surface area contributed by atoms with Crippen LogP contribution in [0.1, 0.15) is 49.7 Å². The summed E-state index contributed by atoms with van der Waals surface area (Å²) in [7, 11) is 0. The Bertz CT molecular complexity index is 450. The van der Waals surface area contributed by atoms with E-state index in [2.05, 4.69) is 12.1 Å². The molecule has 18 heavy (non-hydrogen) atoms. The molecule has 1 fully saturated rings. The number of rotatable bonds is 2. The first-order valence-electron chi connectivity index (χ1n) is 7.14. The van der Waals surface area contributed by atoms with Gasteiger partial charge in [-0.3, -0.25) is 4.79 Å². The molecule has 2 nitrogen and oxygen atoms in total. The topological polar surface area (TPSA) is 26.3 Å². The second-order valence-corrected chi connectivity index (χ2v) is 5.46. The van der Waals surface area contributed by atoms with Crippen molar-refractivity contribution < 1.29 is 9.53 Å². The van der Waals surface area contributed by atoms with Gasteiger partial charge in [0.15, 0.2) is 11.9 Å². The molecule has 1 aromatic rings. The van der Waals surface area contributed by atoms with Gasteiger partial charge in [-0.25, -0.2) is 0 Å². The third-order valence-electron chi connectivity index (χ3n) is 4.10. The molecule has 0 aromatic heterocycles. The van der Waals surface area contributed by atoms with Crippen LogP contribution in [-0.2, 0) is 17.6 Å². The van der Waals surface area contributed by atoms with E-state index < -0.39 is 0 Å². The Morgan fingerprint density at radius 1 is 0.944 bits per heavy atom. The summed E-state index contributed by atoms with van der Waals surface area (Å²) >= 11 is 0. The molecule has 2 heteroatoms. The standard InChI is InChI=1S/C16H20O2/c17-15-7-3-4-8-16(15)18-14-10-9-12-5-1-2-6-13(12)11-14/h9-11,16H,1-8H2. The van der Waals surface area contributed by atoms with Crippen LogP contribution in [0.4, 0.5) is 0 Å². The van der Waals surface area contributed by atoms with Gasteiger partial charge in [0, 0.05) is 6.42 Å². The largest absolute Gasteiger partial charge is 0.483 e. The Morgan fingerprint density at radius 2 is 1.72 bits per heavy atom. The van der Waals surface area contributed by atoms with Crippen molar-refractivity contribution in [3.05, 3.63) is 29.3 Å². The number of benzene rings is 1. The van der Waals surface area contributed by atoms with Crippen molar-refractivity contribution in [2.75, 3.05) is 0 Å². The van der Waals surface area contributed by atoms with Crippen LogP contribution < -0.4 is 4.74 Å². The van der Waals surface area contributed by atoms with Crippen LogP contribution >= 0.6 is 0 Å². The minimum atomic E-state index is -0.194. The van der Waals surface area contributed by atoms with Crippen LogP contribution in [0.3, 0.4) is 0 Å². The highest BCUT2D eigenvalue weighted by atomic mass is 16.5. The average Bonchev–Trinajstić information content (AvgIpc) is 2.41. The highest BCUT2D eigenvalue weighted by Crippen LogP contribution is 2.27. The first kappa shape index (κ1) is 11.8. The maximum atomic E-state index is 11.8. The second kappa shape index (κ2) is 5.13. The minimum Gasteiger partial charge on any atom is -0.483 e. The van der Waals surface area contributed by atoms with Gasteiger partial charge >= 0.3 is 0 Å². The predicted molar refractivity (Wildman–Crippen MR) is 71.0 cm³/mol. The summed E-state index contributed by atoms with van der Waals surface area (Å²) in [6, 6.07) is 6.36. The molecule has 1 atom stereocenters. The Balaban J connectivity index is 1.74. The van der Waals surface area contributed by atoms with E-state index in [1.807, 2.05) is 6.07 Å². The fourth-order valence-corrected chi connectivity index (χ4v) is 3.02. The second-order valence-electron chi connectivity index (χ2n) is 5.46. The molecule has 1 aromatic carbocycles. The van der Waals surface area contributed by atoms with Gasteiger partial charge in [-0.2, -0.15) is 0 Å². The monoisotopic (exact) mass is 244 g/mol. The maximum Gasteiger partial charge on any atom is 0.173 e. The third kappa shape index (κ3) is 2.43. The predicted octanol–water partition coefficient (Wildman–Crippen LogP) is 3.46. The Kier molecular flexibility index (Phi) is 3.35. The summed E-state index contributed by atoms with van der Waals surface area (Å²) in [6.07, 6.45) is 8.45. The average molecular weight is 244 g/mol. The Hall–Kier alpha value is -1.31. The zero-order valence-electron chi connectivity index (χ0n) is 10.8. The van der Waals surface area contributed by atoms with E-state index in [-0.39, 0.29) is 11.9 Å². The van der Waals surface area contributed by atoms with Crippen LogP contribution in [0.25, 0.3) is 0 Å². The fraction of sp³-hybridized carbons (Fsp3) is 0.562. The van der Waals surface area contributed by atoms with Gasteiger partial charge < -0.3 is 4.74 Å². The maximum absolute atomic E-state index is 11.8. The van der Waals surface area contributed by atoms with Gasteiger partial charge in [-0.1, -0.05) is 6.07 Å². The van der Waals surface area contributed by atoms with Gasteiger partial charge in [0.25, 0.3) is 0 Å². The van der Waals surface area contributed by atoms with Gasteiger partial charge in [-0.05, 0) is 68.2 Å². The highest BCUT2D eigenvalue weighted by molar-refractivity contribution is 5.84. The lowest BCUT2D eigenvalue weighted by molar-refractivity contribution is -0.127.